The van der Waals surface area contributed by atoms with Crippen LogP contribution in [0.3, 0.4) is 0 Å². The predicted molar refractivity (Wildman–Crippen MR) is 82.0 cm³/mol. The Bertz CT molecular complexity index is 328. The summed E-state index contributed by atoms with van der Waals surface area (Å²) in [5, 5.41) is 11.7. The minimum atomic E-state index is -0.951. The molecule has 1 amide bonds. The van der Waals surface area contributed by atoms with E-state index in [2.05, 4.69) is 24.1 Å². The van der Waals surface area contributed by atoms with E-state index in [4.69, 9.17) is 5.11 Å². The first kappa shape index (κ1) is 17.3. The van der Waals surface area contributed by atoms with Crippen molar-refractivity contribution in [2.45, 2.75) is 32.7 Å². The van der Waals surface area contributed by atoms with Gasteiger partial charge in [0.2, 0.25) is 5.91 Å². The molecule has 2 N–H and O–H groups in total. The lowest BCUT2D eigenvalue weighted by Crippen LogP contribution is -2.48. The highest BCUT2D eigenvalue weighted by Gasteiger charge is 2.25. The fourth-order valence-corrected chi connectivity index (χ4v) is 3.33. The molecule has 5 nitrogen and oxygen atoms in total. The Labute approximate surface area is 125 Å². The molecule has 0 spiro atoms. The van der Waals surface area contributed by atoms with Crippen molar-refractivity contribution >= 4 is 23.6 Å². The lowest BCUT2D eigenvalue weighted by atomic mass is 9.92. The van der Waals surface area contributed by atoms with E-state index in [0.717, 1.165) is 18.8 Å². The molecule has 3 unspecified atom stereocenters. The number of thioether (sulfide) groups is 1. The number of carboxylic acids is 1. The summed E-state index contributed by atoms with van der Waals surface area (Å²) in [7, 11) is 0. The smallest absolute Gasteiger partial charge is 0.326 e. The molecule has 0 bridgehead atoms. The van der Waals surface area contributed by atoms with Crippen molar-refractivity contribution in [3.63, 3.8) is 0 Å². The Hall–Kier alpha value is -0.750. The third-order valence-corrected chi connectivity index (χ3v) is 4.20. The first-order valence-corrected chi connectivity index (χ1v) is 8.55. The molecule has 20 heavy (non-hydrogen) atoms. The number of amides is 1. The van der Waals surface area contributed by atoms with Gasteiger partial charge in [0, 0.05) is 13.1 Å². The van der Waals surface area contributed by atoms with Gasteiger partial charge in [0.15, 0.2) is 0 Å². The first-order valence-electron chi connectivity index (χ1n) is 7.15. The van der Waals surface area contributed by atoms with Gasteiger partial charge in [-0.3, -0.25) is 9.69 Å². The standard InChI is InChI=1S/C14H26N2O3S/c1-10-6-11(2)8-16(7-10)9-13(17)15-12(14(18)19)4-5-20-3/h10-12H,4-9H2,1-3H3,(H,15,17)(H,18,19). The van der Waals surface area contributed by atoms with Crippen molar-refractivity contribution in [2.75, 3.05) is 31.6 Å². The summed E-state index contributed by atoms with van der Waals surface area (Å²) < 4.78 is 0. The second-order valence-electron chi connectivity index (χ2n) is 5.88. The number of aliphatic carboxylic acids is 1. The van der Waals surface area contributed by atoms with Crippen LogP contribution in [0.5, 0.6) is 0 Å². The summed E-state index contributed by atoms with van der Waals surface area (Å²) in [5.74, 6) is 0.791. The molecule has 0 aliphatic carbocycles. The van der Waals surface area contributed by atoms with Crippen LogP contribution in [0, 0.1) is 11.8 Å². The maximum Gasteiger partial charge on any atom is 0.326 e. The molecule has 0 radical (unpaired) electrons. The number of carboxylic acid groups (broad SMARTS) is 1. The van der Waals surface area contributed by atoms with Crippen molar-refractivity contribution in [3.05, 3.63) is 0 Å². The molecule has 0 saturated carbocycles. The fraction of sp³-hybridized carbons (Fsp3) is 0.857. The molecule has 1 aliphatic rings. The maximum atomic E-state index is 12.0. The second kappa shape index (κ2) is 8.52. The zero-order valence-electron chi connectivity index (χ0n) is 12.6. The zero-order valence-corrected chi connectivity index (χ0v) is 13.4. The average molecular weight is 302 g/mol. The normalized spacial score (nSPS) is 25.1. The van der Waals surface area contributed by atoms with Crippen LogP contribution >= 0.6 is 11.8 Å². The number of likely N-dealkylation sites (tertiary alicyclic amines) is 1. The van der Waals surface area contributed by atoms with Crippen molar-refractivity contribution in [3.8, 4) is 0 Å². The quantitative estimate of drug-likeness (QED) is 0.741. The van der Waals surface area contributed by atoms with E-state index < -0.39 is 12.0 Å². The molecule has 1 rings (SSSR count). The second-order valence-corrected chi connectivity index (χ2v) is 6.87. The van der Waals surface area contributed by atoms with Gasteiger partial charge in [-0.25, -0.2) is 4.79 Å². The Morgan fingerprint density at radius 1 is 1.35 bits per heavy atom. The monoisotopic (exact) mass is 302 g/mol. The third-order valence-electron chi connectivity index (χ3n) is 3.56. The number of rotatable bonds is 7. The fourth-order valence-electron chi connectivity index (χ4n) is 2.86. The number of piperidine rings is 1. The van der Waals surface area contributed by atoms with Crippen molar-refractivity contribution in [1.82, 2.24) is 10.2 Å². The zero-order chi connectivity index (χ0) is 15.1. The van der Waals surface area contributed by atoms with Gasteiger partial charge in [-0.15, -0.1) is 0 Å². The number of nitrogens with one attached hydrogen (secondary N) is 1. The maximum absolute atomic E-state index is 12.0. The number of carbonyl (C=O) groups excluding carboxylic acids is 1. The molecule has 0 aromatic carbocycles. The summed E-state index contributed by atoms with van der Waals surface area (Å²) in [6.07, 6.45) is 3.59. The van der Waals surface area contributed by atoms with E-state index in [1.165, 1.54) is 6.42 Å². The molecule has 0 aromatic rings. The van der Waals surface area contributed by atoms with Gasteiger partial charge in [0.25, 0.3) is 0 Å². The van der Waals surface area contributed by atoms with Crippen LogP contribution in [-0.2, 0) is 9.59 Å². The largest absolute Gasteiger partial charge is 0.480 e. The van der Waals surface area contributed by atoms with Crippen molar-refractivity contribution in [2.24, 2.45) is 11.8 Å². The summed E-state index contributed by atoms with van der Waals surface area (Å²) in [4.78, 5) is 25.2. The van der Waals surface area contributed by atoms with E-state index in [-0.39, 0.29) is 5.91 Å². The van der Waals surface area contributed by atoms with Crippen LogP contribution in [-0.4, -0.2) is 59.6 Å². The van der Waals surface area contributed by atoms with Gasteiger partial charge < -0.3 is 10.4 Å². The van der Waals surface area contributed by atoms with E-state index in [9.17, 15) is 9.59 Å². The number of carbonyl (C=O) groups is 2. The Kier molecular flexibility index (Phi) is 7.37. The molecule has 1 fully saturated rings. The molecule has 1 heterocycles. The van der Waals surface area contributed by atoms with Crippen LogP contribution in [0.15, 0.2) is 0 Å². The van der Waals surface area contributed by atoms with E-state index in [1.807, 2.05) is 6.26 Å². The summed E-state index contributed by atoms with van der Waals surface area (Å²) >= 11 is 1.59. The molecule has 3 atom stereocenters. The summed E-state index contributed by atoms with van der Waals surface area (Å²) in [5.41, 5.74) is 0. The Morgan fingerprint density at radius 2 is 1.95 bits per heavy atom. The van der Waals surface area contributed by atoms with E-state index in [0.29, 0.717) is 24.8 Å². The molecule has 1 saturated heterocycles. The van der Waals surface area contributed by atoms with Crippen LogP contribution < -0.4 is 5.32 Å². The SMILES string of the molecule is CSCCC(NC(=O)CN1CC(C)CC(C)C1)C(=O)O. The molecule has 0 aromatic heterocycles. The highest BCUT2D eigenvalue weighted by molar-refractivity contribution is 7.98. The predicted octanol–water partition coefficient (Wildman–Crippen LogP) is 1.29. The van der Waals surface area contributed by atoms with Crippen molar-refractivity contribution in [1.29, 1.82) is 0 Å². The summed E-state index contributed by atoms with van der Waals surface area (Å²) in [6, 6.07) is -0.769. The van der Waals surface area contributed by atoms with Gasteiger partial charge in [0.1, 0.15) is 6.04 Å². The van der Waals surface area contributed by atoms with Gasteiger partial charge in [-0.2, -0.15) is 11.8 Å². The Balaban J connectivity index is 2.42. The van der Waals surface area contributed by atoms with Crippen LogP contribution in [0.4, 0.5) is 0 Å². The Morgan fingerprint density at radius 3 is 2.45 bits per heavy atom. The topological polar surface area (TPSA) is 69.6 Å². The van der Waals surface area contributed by atoms with Crippen LogP contribution in [0.25, 0.3) is 0 Å². The van der Waals surface area contributed by atoms with E-state index in [1.54, 1.807) is 11.8 Å². The van der Waals surface area contributed by atoms with Gasteiger partial charge in [0.05, 0.1) is 6.54 Å². The minimum absolute atomic E-state index is 0.181. The number of hydrogen-bond acceptors (Lipinski definition) is 4. The van der Waals surface area contributed by atoms with E-state index >= 15 is 0 Å². The van der Waals surface area contributed by atoms with Crippen molar-refractivity contribution < 1.29 is 14.7 Å². The number of nitrogens with zero attached hydrogens (tertiary/aromatic N) is 1. The van der Waals surface area contributed by atoms with Gasteiger partial charge >= 0.3 is 5.97 Å². The molecule has 6 heteroatoms. The highest BCUT2D eigenvalue weighted by Crippen LogP contribution is 2.20. The molecular formula is C14H26N2O3S. The first-order chi connectivity index (χ1) is 9.42. The lowest BCUT2D eigenvalue weighted by Gasteiger charge is -2.34. The highest BCUT2D eigenvalue weighted by atomic mass is 32.2. The molecular weight excluding hydrogens is 276 g/mol. The summed E-state index contributed by atoms with van der Waals surface area (Å²) in [6.45, 7) is 6.52. The molecule has 116 valence electrons. The third kappa shape index (κ3) is 6.13. The van der Waals surface area contributed by atoms with Gasteiger partial charge in [-0.1, -0.05) is 13.8 Å². The van der Waals surface area contributed by atoms with Crippen LogP contribution in [0.2, 0.25) is 0 Å². The number of hydrogen-bond donors (Lipinski definition) is 2. The van der Waals surface area contributed by atoms with Gasteiger partial charge in [-0.05, 0) is 36.7 Å². The lowest BCUT2D eigenvalue weighted by molar-refractivity contribution is -0.142. The average Bonchev–Trinajstić information content (AvgIpc) is 2.32. The van der Waals surface area contributed by atoms with Crippen LogP contribution in [0.1, 0.15) is 26.7 Å². The molecule has 1 aliphatic heterocycles. The minimum Gasteiger partial charge on any atom is -0.480 e.